The van der Waals surface area contributed by atoms with Crippen molar-refractivity contribution in [2.24, 2.45) is 4.99 Å². The van der Waals surface area contributed by atoms with Gasteiger partial charge in [-0.3, -0.25) is 14.6 Å². The second-order valence-corrected chi connectivity index (χ2v) is 8.21. The third kappa shape index (κ3) is 2.97. The highest BCUT2D eigenvalue weighted by Gasteiger charge is 2.54. The summed E-state index contributed by atoms with van der Waals surface area (Å²) in [7, 11) is 1.65. The van der Waals surface area contributed by atoms with Crippen LogP contribution in [0, 0.1) is 13.8 Å². The van der Waals surface area contributed by atoms with Gasteiger partial charge in [-0.15, -0.1) is 0 Å². The second-order valence-electron chi connectivity index (χ2n) is 7.77. The Morgan fingerprint density at radius 3 is 2.58 bits per heavy atom. The topological polar surface area (TPSA) is 74.9 Å². The van der Waals surface area contributed by atoms with E-state index in [2.05, 4.69) is 0 Å². The monoisotopic (exact) mass is 438 g/mol. The fraction of sp³-hybridized carbons (Fsp3) is 0.273. The van der Waals surface area contributed by atoms with E-state index in [0.717, 1.165) is 22.7 Å². The highest BCUT2D eigenvalue weighted by Crippen LogP contribution is 2.35. The maximum absolute atomic E-state index is 13.5. The Morgan fingerprint density at radius 1 is 1.16 bits per heavy atom. The van der Waals surface area contributed by atoms with Crippen LogP contribution in [0.4, 0.5) is 10.7 Å². The number of aromatic nitrogens is 2. The first-order chi connectivity index (χ1) is 14.9. The van der Waals surface area contributed by atoms with Crippen molar-refractivity contribution in [3.05, 3.63) is 70.4 Å². The van der Waals surface area contributed by atoms with Crippen molar-refractivity contribution in [2.45, 2.75) is 33.0 Å². The van der Waals surface area contributed by atoms with E-state index in [1.54, 1.807) is 25.4 Å². The van der Waals surface area contributed by atoms with E-state index in [1.165, 1.54) is 9.80 Å². The van der Waals surface area contributed by atoms with Crippen LogP contribution in [0.5, 0.6) is 0 Å². The van der Waals surface area contributed by atoms with Crippen molar-refractivity contribution in [1.82, 2.24) is 14.4 Å². The normalized spacial score (nSPS) is 17.8. The predicted molar refractivity (Wildman–Crippen MR) is 113 cm³/mol. The van der Waals surface area contributed by atoms with E-state index in [1.807, 2.05) is 47.2 Å². The maximum Gasteiger partial charge on any atom is 0.402 e. The van der Waals surface area contributed by atoms with Gasteiger partial charge in [-0.2, -0.15) is 0 Å². The molecule has 1 saturated heterocycles. The van der Waals surface area contributed by atoms with Crippen molar-refractivity contribution in [3.8, 4) is 0 Å². The van der Waals surface area contributed by atoms with Crippen LogP contribution >= 0.6 is 11.6 Å². The van der Waals surface area contributed by atoms with E-state index in [9.17, 15) is 9.59 Å². The van der Waals surface area contributed by atoms with E-state index < -0.39 is 12.1 Å². The number of fused-ring (bicyclic) bond motifs is 3. The number of urea groups is 1. The summed E-state index contributed by atoms with van der Waals surface area (Å²) in [6.07, 6.45) is 1.63. The van der Waals surface area contributed by atoms with Crippen molar-refractivity contribution >= 4 is 35.3 Å². The lowest BCUT2D eigenvalue weighted by Crippen LogP contribution is -2.57. The number of amidine groups is 1. The summed E-state index contributed by atoms with van der Waals surface area (Å²) in [5.74, 6) is 1.57. The molecule has 1 aromatic carbocycles. The zero-order chi connectivity index (χ0) is 21.9. The van der Waals surface area contributed by atoms with E-state index in [-0.39, 0.29) is 12.5 Å². The largest absolute Gasteiger partial charge is 0.466 e. The van der Waals surface area contributed by atoms with Crippen LogP contribution in [0.15, 0.2) is 52.1 Å². The number of hydrogen-bond donors (Lipinski definition) is 0. The van der Waals surface area contributed by atoms with Crippen LogP contribution in [-0.4, -0.2) is 39.2 Å². The van der Waals surface area contributed by atoms with Crippen molar-refractivity contribution in [1.29, 1.82) is 0 Å². The highest BCUT2D eigenvalue weighted by molar-refractivity contribution is 6.30. The molecular weight excluding hydrogens is 418 g/mol. The molecular formula is C22H21ClN5O3+. The predicted octanol–water partition coefficient (Wildman–Crippen LogP) is 3.37. The van der Waals surface area contributed by atoms with E-state index >= 15 is 0 Å². The lowest BCUT2D eigenvalue weighted by atomic mass is 10.1. The standard InChI is InChI=1S/C22H21ClN5O3/c1-13-14(2)28-18-19(24-21(28)26(13)12-17-5-4-10-31-17)25(3)22(30)27(20(18)29)11-15-6-8-16(23)9-7-15/h4-10,18H,11-12H2,1-3H3/q+1. The molecule has 9 heteroatoms. The number of benzene rings is 1. The molecule has 2 aromatic heterocycles. The quantitative estimate of drug-likeness (QED) is 0.586. The highest BCUT2D eigenvalue weighted by atomic mass is 35.5. The molecule has 3 amide bonds. The third-order valence-corrected chi connectivity index (χ3v) is 6.23. The first-order valence-corrected chi connectivity index (χ1v) is 10.3. The van der Waals surface area contributed by atoms with E-state index in [4.69, 9.17) is 21.0 Å². The molecule has 8 nitrogen and oxygen atoms in total. The van der Waals surface area contributed by atoms with Gasteiger partial charge in [-0.1, -0.05) is 28.7 Å². The lowest BCUT2D eigenvalue weighted by molar-refractivity contribution is -0.682. The number of imidazole rings is 1. The van der Waals surface area contributed by atoms with Gasteiger partial charge in [0.05, 0.1) is 12.8 Å². The third-order valence-electron chi connectivity index (χ3n) is 5.97. The molecule has 1 fully saturated rings. The van der Waals surface area contributed by atoms with Gasteiger partial charge in [0.2, 0.25) is 11.9 Å². The molecule has 1 unspecified atom stereocenters. The Hall–Kier alpha value is -3.39. The van der Waals surface area contributed by atoms with Crippen molar-refractivity contribution in [3.63, 3.8) is 0 Å². The molecule has 5 rings (SSSR count). The Kier molecular flexibility index (Phi) is 4.48. The summed E-state index contributed by atoms with van der Waals surface area (Å²) < 4.78 is 9.42. The number of halogens is 1. The Bertz CT molecular complexity index is 1230. The minimum absolute atomic E-state index is 0.171. The summed E-state index contributed by atoms with van der Waals surface area (Å²) in [6, 6.07) is 9.78. The van der Waals surface area contributed by atoms with Gasteiger partial charge in [0.1, 0.15) is 23.7 Å². The number of likely N-dealkylation sites (N-methyl/N-ethyl adjacent to an activating group) is 1. The number of carbonyl (C=O) groups is 2. The van der Waals surface area contributed by atoms with Gasteiger partial charge in [0.15, 0.2) is 0 Å². The molecule has 0 bridgehead atoms. The number of hydrogen-bond acceptors (Lipinski definition) is 4. The zero-order valence-corrected chi connectivity index (χ0v) is 18.1. The van der Waals surface area contributed by atoms with Gasteiger partial charge in [-0.05, 0) is 43.7 Å². The zero-order valence-electron chi connectivity index (χ0n) is 17.4. The first-order valence-electron chi connectivity index (χ1n) is 9.92. The van der Waals surface area contributed by atoms with Crippen LogP contribution in [0.25, 0.3) is 0 Å². The molecule has 0 aliphatic carbocycles. The first kappa shape index (κ1) is 19.6. The van der Waals surface area contributed by atoms with Gasteiger partial charge >= 0.3 is 12.0 Å². The van der Waals surface area contributed by atoms with Gasteiger partial charge in [0.25, 0.3) is 5.91 Å². The number of furan rings is 1. The van der Waals surface area contributed by atoms with Crippen molar-refractivity contribution < 1.29 is 18.6 Å². The molecule has 0 saturated carbocycles. The fourth-order valence-electron chi connectivity index (χ4n) is 4.17. The van der Waals surface area contributed by atoms with Crippen LogP contribution < -0.4 is 4.57 Å². The average Bonchev–Trinajstić information content (AvgIpc) is 3.46. The number of amides is 3. The molecule has 1 atom stereocenters. The molecule has 2 aliphatic rings. The average molecular weight is 439 g/mol. The maximum atomic E-state index is 13.5. The molecule has 158 valence electrons. The number of carbonyl (C=O) groups excluding carboxylic acids is 2. The summed E-state index contributed by atoms with van der Waals surface area (Å²) in [6.45, 7) is 4.62. The molecule has 2 aliphatic heterocycles. The van der Waals surface area contributed by atoms with Crippen LogP contribution in [0.3, 0.4) is 0 Å². The molecule has 0 N–H and O–H groups in total. The minimum atomic E-state index is -0.679. The smallest absolute Gasteiger partial charge is 0.402 e. The summed E-state index contributed by atoms with van der Waals surface area (Å²) in [5, 5.41) is 0.603. The van der Waals surface area contributed by atoms with Gasteiger partial charge in [-0.25, -0.2) is 13.9 Å². The van der Waals surface area contributed by atoms with E-state index in [0.29, 0.717) is 23.4 Å². The Morgan fingerprint density at radius 2 is 1.90 bits per heavy atom. The number of nitrogens with zero attached hydrogens (tertiary/aromatic N) is 5. The van der Waals surface area contributed by atoms with Crippen LogP contribution in [0.1, 0.15) is 28.8 Å². The Balaban J connectivity index is 1.54. The minimum Gasteiger partial charge on any atom is -0.466 e. The summed E-state index contributed by atoms with van der Waals surface area (Å²) in [5.41, 5.74) is 2.74. The molecule has 31 heavy (non-hydrogen) atoms. The fourth-order valence-corrected chi connectivity index (χ4v) is 4.29. The SMILES string of the molecule is Cc1c(C)[n+](Cc2ccco2)c2n1C1C(=O)N(Cc3ccc(Cl)cc3)C(=O)N(C)C1=N2. The van der Waals surface area contributed by atoms with Gasteiger partial charge in [0, 0.05) is 12.1 Å². The lowest BCUT2D eigenvalue weighted by Gasteiger charge is -2.33. The van der Waals surface area contributed by atoms with Gasteiger partial charge < -0.3 is 4.42 Å². The molecule has 3 aromatic rings. The summed E-state index contributed by atoms with van der Waals surface area (Å²) >= 11 is 5.97. The number of aliphatic imine (C=N–C) groups is 1. The summed E-state index contributed by atoms with van der Waals surface area (Å²) in [4.78, 5) is 34.0. The molecule has 0 spiro atoms. The van der Waals surface area contributed by atoms with Crippen LogP contribution in [-0.2, 0) is 17.9 Å². The molecule has 0 radical (unpaired) electrons. The number of rotatable bonds is 4. The van der Waals surface area contributed by atoms with Crippen molar-refractivity contribution in [2.75, 3.05) is 7.05 Å². The molecule has 4 heterocycles. The number of imide groups is 1. The van der Waals surface area contributed by atoms with Crippen LogP contribution in [0.2, 0.25) is 5.02 Å². The Labute approximate surface area is 184 Å². The second kappa shape index (κ2) is 7.09.